The molecular weight excluding hydrogens is 312 g/mol. The Balaban J connectivity index is 3.13. The Morgan fingerprint density at radius 3 is 2.68 bits per heavy atom. The summed E-state index contributed by atoms with van der Waals surface area (Å²) >= 11 is 5.85. The molecule has 1 rings (SSSR count). The van der Waals surface area contributed by atoms with Crippen molar-refractivity contribution in [2.24, 2.45) is 0 Å². The maximum Gasteiger partial charge on any atom is 0.377 e. The van der Waals surface area contributed by atoms with E-state index in [0.717, 1.165) is 6.26 Å². The molecule has 0 unspecified atom stereocenters. The van der Waals surface area contributed by atoms with Crippen LogP contribution in [0.2, 0.25) is 5.02 Å². The van der Waals surface area contributed by atoms with Crippen LogP contribution in [-0.2, 0) is 19.0 Å². The van der Waals surface area contributed by atoms with Gasteiger partial charge in [0.1, 0.15) is 17.6 Å². The van der Waals surface area contributed by atoms with Gasteiger partial charge in [0.2, 0.25) is 5.76 Å². The van der Waals surface area contributed by atoms with Crippen LogP contribution in [-0.4, -0.2) is 32.8 Å². The number of hydrogen-bond acceptors (Lipinski definition) is 6. The lowest BCUT2D eigenvalue weighted by Crippen LogP contribution is -2.14. The number of carbonyl (C=O) groups excluding carboxylic acids is 2. The summed E-state index contributed by atoms with van der Waals surface area (Å²) in [6.45, 7) is -0.206. The quantitative estimate of drug-likeness (QED) is 0.346. The standard InChI is InChI=1S/C15H13ClO6/c1-4-7-21-14(17)11-8-10(16)5-6-12(11)22-13(9-19-2)15(18)20-3/h1,5-6,8-9H,7H2,2-3H3. The topological polar surface area (TPSA) is 71.1 Å². The number of rotatable bonds is 6. The average Bonchev–Trinajstić information content (AvgIpc) is 2.52. The summed E-state index contributed by atoms with van der Waals surface area (Å²) in [4.78, 5) is 23.5. The number of benzene rings is 1. The van der Waals surface area contributed by atoms with Gasteiger partial charge in [0.25, 0.3) is 0 Å². The highest BCUT2D eigenvalue weighted by Gasteiger charge is 2.20. The van der Waals surface area contributed by atoms with Gasteiger partial charge in [-0.2, -0.15) is 0 Å². The number of terminal acetylenes is 1. The third-order valence-corrected chi connectivity index (χ3v) is 2.51. The second-order valence-electron chi connectivity index (χ2n) is 3.73. The summed E-state index contributed by atoms with van der Waals surface area (Å²) in [6, 6.07) is 4.22. The van der Waals surface area contributed by atoms with Crippen molar-refractivity contribution in [1.29, 1.82) is 0 Å². The Hall–Kier alpha value is -2.65. The third-order valence-electron chi connectivity index (χ3n) is 2.28. The van der Waals surface area contributed by atoms with Crippen molar-refractivity contribution in [3.8, 4) is 18.1 Å². The van der Waals surface area contributed by atoms with Crippen molar-refractivity contribution in [2.45, 2.75) is 0 Å². The molecular formula is C15H13ClO6. The van der Waals surface area contributed by atoms with Crippen molar-refractivity contribution in [2.75, 3.05) is 20.8 Å². The smallest absolute Gasteiger partial charge is 0.377 e. The second kappa shape index (κ2) is 8.60. The van der Waals surface area contributed by atoms with E-state index >= 15 is 0 Å². The number of hydrogen-bond donors (Lipinski definition) is 0. The van der Waals surface area contributed by atoms with Gasteiger partial charge in [-0.25, -0.2) is 9.59 Å². The first-order chi connectivity index (χ1) is 10.5. The van der Waals surface area contributed by atoms with E-state index in [2.05, 4.69) is 10.7 Å². The van der Waals surface area contributed by atoms with Crippen LogP contribution in [0.4, 0.5) is 0 Å². The highest BCUT2D eigenvalue weighted by atomic mass is 35.5. The molecule has 116 valence electrons. The Morgan fingerprint density at radius 2 is 2.09 bits per heavy atom. The first-order valence-corrected chi connectivity index (χ1v) is 6.30. The molecule has 0 atom stereocenters. The molecule has 7 heteroatoms. The highest BCUT2D eigenvalue weighted by molar-refractivity contribution is 6.31. The van der Waals surface area contributed by atoms with Crippen molar-refractivity contribution in [3.63, 3.8) is 0 Å². The first kappa shape index (κ1) is 17.4. The van der Waals surface area contributed by atoms with Crippen LogP contribution in [0.15, 0.2) is 30.2 Å². The predicted molar refractivity (Wildman–Crippen MR) is 78.3 cm³/mol. The van der Waals surface area contributed by atoms with Crippen molar-refractivity contribution >= 4 is 23.5 Å². The molecule has 0 aromatic heterocycles. The molecule has 0 aliphatic carbocycles. The fraction of sp³-hybridized carbons (Fsp3) is 0.200. The van der Waals surface area contributed by atoms with Crippen LogP contribution in [0.3, 0.4) is 0 Å². The normalized spacial score (nSPS) is 10.4. The molecule has 0 bridgehead atoms. The third kappa shape index (κ3) is 4.72. The Morgan fingerprint density at radius 1 is 1.36 bits per heavy atom. The van der Waals surface area contributed by atoms with Gasteiger partial charge in [-0.3, -0.25) is 0 Å². The minimum atomic E-state index is -0.778. The molecule has 0 N–H and O–H groups in total. The molecule has 0 fully saturated rings. The highest BCUT2D eigenvalue weighted by Crippen LogP contribution is 2.25. The lowest BCUT2D eigenvalue weighted by atomic mass is 10.2. The van der Waals surface area contributed by atoms with Crippen LogP contribution in [0.1, 0.15) is 10.4 Å². The Kier molecular flexibility index (Phi) is 6.80. The zero-order chi connectivity index (χ0) is 16.5. The zero-order valence-corrected chi connectivity index (χ0v) is 12.7. The van der Waals surface area contributed by atoms with Gasteiger partial charge in [0.15, 0.2) is 6.61 Å². The summed E-state index contributed by atoms with van der Waals surface area (Å²) in [5, 5.41) is 0.287. The van der Waals surface area contributed by atoms with Crippen LogP contribution >= 0.6 is 11.6 Å². The van der Waals surface area contributed by atoms with Gasteiger partial charge in [-0.1, -0.05) is 17.5 Å². The van der Waals surface area contributed by atoms with E-state index in [1.165, 1.54) is 32.4 Å². The van der Waals surface area contributed by atoms with E-state index in [1.54, 1.807) is 0 Å². The van der Waals surface area contributed by atoms with Gasteiger partial charge in [-0.15, -0.1) is 6.42 Å². The molecule has 0 amide bonds. The zero-order valence-electron chi connectivity index (χ0n) is 11.9. The molecule has 1 aromatic rings. The van der Waals surface area contributed by atoms with Crippen LogP contribution in [0, 0.1) is 12.3 Å². The SMILES string of the molecule is C#CCOC(=O)c1cc(Cl)ccc1OC(=COC)C(=O)OC. The molecule has 0 saturated carbocycles. The van der Waals surface area contributed by atoms with Crippen LogP contribution in [0.25, 0.3) is 0 Å². The van der Waals surface area contributed by atoms with E-state index in [9.17, 15) is 9.59 Å². The minimum Gasteiger partial charge on any atom is -0.500 e. The van der Waals surface area contributed by atoms with Crippen molar-refractivity contribution < 1.29 is 28.5 Å². The Labute approximate surface area is 132 Å². The van der Waals surface area contributed by atoms with E-state index < -0.39 is 11.9 Å². The van der Waals surface area contributed by atoms with Gasteiger partial charge in [-0.05, 0) is 18.2 Å². The summed E-state index contributed by atoms with van der Waals surface area (Å²) in [5.41, 5.74) is 0.00801. The average molecular weight is 325 g/mol. The van der Waals surface area contributed by atoms with E-state index in [0.29, 0.717) is 0 Å². The van der Waals surface area contributed by atoms with Gasteiger partial charge in [0, 0.05) is 5.02 Å². The van der Waals surface area contributed by atoms with E-state index in [4.69, 9.17) is 32.2 Å². The fourth-order valence-electron chi connectivity index (χ4n) is 1.38. The van der Waals surface area contributed by atoms with Gasteiger partial charge < -0.3 is 18.9 Å². The molecule has 0 heterocycles. The largest absolute Gasteiger partial charge is 0.500 e. The molecule has 22 heavy (non-hydrogen) atoms. The first-order valence-electron chi connectivity index (χ1n) is 5.92. The monoisotopic (exact) mass is 324 g/mol. The summed E-state index contributed by atoms with van der Waals surface area (Å²) < 4.78 is 19.4. The van der Waals surface area contributed by atoms with E-state index in [1.807, 2.05) is 0 Å². The number of esters is 2. The summed E-state index contributed by atoms with van der Waals surface area (Å²) in [6.07, 6.45) is 6.07. The predicted octanol–water partition coefficient (Wildman–Crippen LogP) is 2.17. The second-order valence-corrected chi connectivity index (χ2v) is 4.17. The summed E-state index contributed by atoms with van der Waals surface area (Å²) in [7, 11) is 2.51. The molecule has 0 aliphatic rings. The molecule has 0 aliphatic heterocycles. The lowest BCUT2D eigenvalue weighted by molar-refractivity contribution is -0.138. The van der Waals surface area contributed by atoms with Gasteiger partial charge >= 0.3 is 11.9 Å². The fourth-order valence-corrected chi connectivity index (χ4v) is 1.55. The van der Waals surface area contributed by atoms with Gasteiger partial charge in [0.05, 0.1) is 14.2 Å². The van der Waals surface area contributed by atoms with Crippen LogP contribution < -0.4 is 4.74 Å². The number of halogens is 1. The minimum absolute atomic E-state index is 0.00801. The lowest BCUT2D eigenvalue weighted by Gasteiger charge is -2.12. The molecule has 0 saturated heterocycles. The Bertz CT molecular complexity index is 629. The number of ether oxygens (including phenoxy) is 4. The molecule has 6 nitrogen and oxygen atoms in total. The molecule has 0 spiro atoms. The maximum atomic E-state index is 11.9. The van der Waals surface area contributed by atoms with E-state index in [-0.39, 0.29) is 28.7 Å². The number of carbonyl (C=O) groups is 2. The van der Waals surface area contributed by atoms with Crippen LogP contribution in [0.5, 0.6) is 5.75 Å². The maximum absolute atomic E-state index is 11.9. The molecule has 1 aromatic carbocycles. The van der Waals surface area contributed by atoms with Crippen molar-refractivity contribution in [1.82, 2.24) is 0 Å². The summed E-state index contributed by atoms with van der Waals surface area (Å²) in [5.74, 6) is 0.442. The molecule has 0 radical (unpaired) electrons. The number of methoxy groups -OCH3 is 2. The van der Waals surface area contributed by atoms with Crippen molar-refractivity contribution in [3.05, 3.63) is 40.8 Å².